The van der Waals surface area contributed by atoms with Crippen LogP contribution in [0.25, 0.3) is 10.9 Å². The molecule has 0 unspecified atom stereocenters. The molecule has 1 aromatic heterocycles. The maximum absolute atomic E-state index is 5.01. The van der Waals surface area contributed by atoms with Crippen molar-refractivity contribution in [2.75, 3.05) is 11.9 Å². The number of benzene rings is 1. The Hall–Kier alpha value is -1.57. The van der Waals surface area contributed by atoms with Crippen LogP contribution in [0, 0.1) is 6.92 Å². The monoisotopic (exact) mass is 282 g/mol. The van der Waals surface area contributed by atoms with Crippen LogP contribution in [0.3, 0.4) is 0 Å². The lowest BCUT2D eigenvalue weighted by Gasteiger charge is -2.23. The smallest absolute Gasteiger partial charge is 0.0760 e. The molecule has 112 valence electrons. The van der Waals surface area contributed by atoms with Gasteiger partial charge in [-0.3, -0.25) is 4.98 Å². The van der Waals surface area contributed by atoms with Gasteiger partial charge in [0.15, 0.2) is 0 Å². The molecule has 0 saturated carbocycles. The van der Waals surface area contributed by atoms with Crippen LogP contribution in [0.4, 0.5) is 5.69 Å². The second-order valence-corrected chi connectivity index (χ2v) is 6.48. The Kier molecular flexibility index (Phi) is 3.88. The van der Waals surface area contributed by atoms with E-state index in [4.69, 9.17) is 4.98 Å². The molecule has 0 bridgehead atoms. The first-order valence-corrected chi connectivity index (χ1v) is 8.32. The molecule has 3 rings (SSSR count). The van der Waals surface area contributed by atoms with Gasteiger partial charge >= 0.3 is 0 Å². The summed E-state index contributed by atoms with van der Waals surface area (Å²) in [5, 5.41) is 4.92. The molecule has 0 atom stereocenters. The van der Waals surface area contributed by atoms with Gasteiger partial charge in [-0.05, 0) is 62.1 Å². The van der Waals surface area contributed by atoms with E-state index in [2.05, 4.69) is 45.1 Å². The van der Waals surface area contributed by atoms with E-state index in [0.717, 1.165) is 6.54 Å². The SMILES string of the molecule is CCNc1c(C(C)C)c(C)nc2c3c(ccc12)CCCC3. The Morgan fingerprint density at radius 2 is 1.95 bits per heavy atom. The summed E-state index contributed by atoms with van der Waals surface area (Å²) in [4.78, 5) is 5.01. The molecule has 0 fully saturated rings. The second-order valence-electron chi connectivity index (χ2n) is 6.48. The van der Waals surface area contributed by atoms with Gasteiger partial charge in [-0.2, -0.15) is 0 Å². The lowest BCUT2D eigenvalue weighted by atomic mass is 9.87. The van der Waals surface area contributed by atoms with Crippen LogP contribution in [-0.2, 0) is 12.8 Å². The minimum absolute atomic E-state index is 0.493. The van der Waals surface area contributed by atoms with Crippen LogP contribution >= 0.6 is 0 Å². The van der Waals surface area contributed by atoms with Crippen molar-refractivity contribution in [1.29, 1.82) is 0 Å². The largest absolute Gasteiger partial charge is 0.384 e. The van der Waals surface area contributed by atoms with Crippen LogP contribution < -0.4 is 5.32 Å². The van der Waals surface area contributed by atoms with Crippen molar-refractivity contribution in [2.45, 2.75) is 59.3 Å². The van der Waals surface area contributed by atoms with Gasteiger partial charge in [-0.1, -0.05) is 26.0 Å². The summed E-state index contributed by atoms with van der Waals surface area (Å²) in [6.07, 6.45) is 5.02. The quantitative estimate of drug-likeness (QED) is 0.859. The molecule has 0 spiro atoms. The van der Waals surface area contributed by atoms with E-state index in [1.807, 2.05) is 0 Å². The fourth-order valence-corrected chi connectivity index (χ4v) is 3.77. The highest BCUT2D eigenvalue weighted by Gasteiger charge is 2.19. The molecule has 1 aliphatic carbocycles. The third-order valence-corrected chi connectivity index (χ3v) is 4.64. The zero-order chi connectivity index (χ0) is 15.0. The van der Waals surface area contributed by atoms with Gasteiger partial charge in [0.1, 0.15) is 0 Å². The second kappa shape index (κ2) is 5.67. The van der Waals surface area contributed by atoms with E-state index in [-0.39, 0.29) is 0 Å². The number of pyridine rings is 1. The van der Waals surface area contributed by atoms with E-state index in [1.54, 1.807) is 0 Å². The first kappa shape index (κ1) is 14.4. The molecule has 0 amide bonds. The molecule has 2 nitrogen and oxygen atoms in total. The Labute approximate surface area is 128 Å². The standard InChI is InChI=1S/C19H26N2/c1-5-20-19-16-11-10-14-8-6-7-9-15(14)18(16)21-13(4)17(19)12(2)3/h10-12H,5-9H2,1-4H3,(H,20,21). The predicted molar refractivity (Wildman–Crippen MR) is 91.4 cm³/mol. The first-order chi connectivity index (χ1) is 10.1. The van der Waals surface area contributed by atoms with Crippen molar-refractivity contribution in [3.63, 3.8) is 0 Å². The number of hydrogen-bond acceptors (Lipinski definition) is 2. The number of nitrogens with zero attached hydrogens (tertiary/aromatic N) is 1. The van der Waals surface area contributed by atoms with Crippen molar-refractivity contribution in [1.82, 2.24) is 4.98 Å². The Balaban J connectivity index is 2.33. The van der Waals surface area contributed by atoms with Crippen molar-refractivity contribution in [3.8, 4) is 0 Å². The molecular formula is C19H26N2. The Morgan fingerprint density at radius 1 is 1.19 bits per heavy atom. The summed E-state index contributed by atoms with van der Waals surface area (Å²) in [5.74, 6) is 0.493. The fraction of sp³-hybridized carbons (Fsp3) is 0.526. The maximum atomic E-state index is 5.01. The van der Waals surface area contributed by atoms with Gasteiger partial charge in [0, 0.05) is 23.3 Å². The zero-order valence-corrected chi connectivity index (χ0v) is 13.7. The summed E-state index contributed by atoms with van der Waals surface area (Å²) < 4.78 is 0. The Morgan fingerprint density at radius 3 is 2.67 bits per heavy atom. The average molecular weight is 282 g/mol. The van der Waals surface area contributed by atoms with Crippen LogP contribution in [0.1, 0.15) is 61.9 Å². The van der Waals surface area contributed by atoms with Crippen molar-refractivity contribution >= 4 is 16.6 Å². The third-order valence-electron chi connectivity index (χ3n) is 4.64. The van der Waals surface area contributed by atoms with E-state index in [1.165, 1.54) is 64.7 Å². The van der Waals surface area contributed by atoms with E-state index in [9.17, 15) is 0 Å². The highest BCUT2D eigenvalue weighted by atomic mass is 14.9. The van der Waals surface area contributed by atoms with Gasteiger partial charge in [-0.15, -0.1) is 0 Å². The molecule has 2 aromatic rings. The van der Waals surface area contributed by atoms with E-state index >= 15 is 0 Å². The van der Waals surface area contributed by atoms with Crippen LogP contribution in [-0.4, -0.2) is 11.5 Å². The van der Waals surface area contributed by atoms with Crippen LogP contribution in [0.5, 0.6) is 0 Å². The summed E-state index contributed by atoms with van der Waals surface area (Å²) >= 11 is 0. The highest BCUT2D eigenvalue weighted by molar-refractivity contribution is 5.96. The molecule has 2 heteroatoms. The average Bonchev–Trinajstić information content (AvgIpc) is 2.47. The molecular weight excluding hydrogens is 256 g/mol. The van der Waals surface area contributed by atoms with Gasteiger partial charge < -0.3 is 5.32 Å². The molecule has 0 radical (unpaired) electrons. The normalized spacial score (nSPS) is 14.5. The van der Waals surface area contributed by atoms with Gasteiger partial charge in [0.25, 0.3) is 0 Å². The number of anilines is 1. The molecule has 21 heavy (non-hydrogen) atoms. The third kappa shape index (κ3) is 2.41. The minimum Gasteiger partial charge on any atom is -0.384 e. The van der Waals surface area contributed by atoms with Crippen molar-refractivity contribution < 1.29 is 0 Å². The highest BCUT2D eigenvalue weighted by Crippen LogP contribution is 2.37. The fourth-order valence-electron chi connectivity index (χ4n) is 3.77. The topological polar surface area (TPSA) is 24.9 Å². The molecule has 0 aliphatic heterocycles. The summed E-state index contributed by atoms with van der Waals surface area (Å²) in [6.45, 7) is 9.81. The Bertz CT molecular complexity index is 671. The van der Waals surface area contributed by atoms with E-state index < -0.39 is 0 Å². The maximum Gasteiger partial charge on any atom is 0.0760 e. The number of aryl methyl sites for hydroxylation is 3. The van der Waals surface area contributed by atoms with E-state index in [0.29, 0.717) is 5.92 Å². The van der Waals surface area contributed by atoms with Gasteiger partial charge in [0.05, 0.1) is 5.52 Å². The number of hydrogen-bond donors (Lipinski definition) is 1. The summed E-state index contributed by atoms with van der Waals surface area (Å²) in [6, 6.07) is 4.62. The molecule has 1 N–H and O–H groups in total. The minimum atomic E-state index is 0.493. The summed E-state index contributed by atoms with van der Waals surface area (Å²) in [5.41, 5.74) is 8.12. The van der Waals surface area contributed by atoms with Crippen molar-refractivity contribution in [3.05, 3.63) is 34.5 Å². The van der Waals surface area contributed by atoms with Crippen LogP contribution in [0.15, 0.2) is 12.1 Å². The lowest BCUT2D eigenvalue weighted by molar-refractivity contribution is 0.688. The first-order valence-electron chi connectivity index (χ1n) is 8.32. The number of nitrogens with one attached hydrogen (secondary N) is 1. The molecule has 1 heterocycles. The summed E-state index contributed by atoms with van der Waals surface area (Å²) in [7, 11) is 0. The van der Waals surface area contributed by atoms with Gasteiger partial charge in [-0.25, -0.2) is 0 Å². The number of rotatable bonds is 3. The van der Waals surface area contributed by atoms with Crippen molar-refractivity contribution in [2.24, 2.45) is 0 Å². The van der Waals surface area contributed by atoms with Crippen LogP contribution in [0.2, 0.25) is 0 Å². The zero-order valence-electron chi connectivity index (χ0n) is 13.7. The molecule has 1 aromatic carbocycles. The molecule has 0 saturated heterocycles. The predicted octanol–water partition coefficient (Wildman–Crippen LogP) is 4.98. The van der Waals surface area contributed by atoms with Gasteiger partial charge in [0.2, 0.25) is 0 Å². The molecule has 1 aliphatic rings. The lowest BCUT2D eigenvalue weighted by Crippen LogP contribution is -2.10. The number of aromatic nitrogens is 1. The number of fused-ring (bicyclic) bond motifs is 3.